The lowest BCUT2D eigenvalue weighted by molar-refractivity contribution is -0.137. The maximum Gasteiger partial charge on any atom is 0.305 e. The minimum Gasteiger partial charge on any atom is -0.484 e. The Bertz CT molecular complexity index is 419. The molecule has 0 fully saturated rings. The molecule has 6 nitrogen and oxygen atoms in total. The summed E-state index contributed by atoms with van der Waals surface area (Å²) in [6, 6.07) is 6.75. The second-order valence-electron chi connectivity index (χ2n) is 3.59. The number of nitrogens with one attached hydrogen (secondary N) is 1. The first-order valence-electron chi connectivity index (χ1n) is 5.43. The van der Waals surface area contributed by atoms with Crippen molar-refractivity contribution in [2.45, 2.75) is 13.0 Å². The molecule has 0 aliphatic heterocycles. The lowest BCUT2D eigenvalue weighted by Crippen LogP contribution is -2.30. The first-order chi connectivity index (χ1) is 8.61. The van der Waals surface area contributed by atoms with E-state index in [0.717, 1.165) is 0 Å². The molecule has 1 aromatic rings. The quantitative estimate of drug-likeness (QED) is 0.642. The predicted molar refractivity (Wildman–Crippen MR) is 63.1 cm³/mol. The number of aliphatic hydroxyl groups is 1. The van der Waals surface area contributed by atoms with Gasteiger partial charge in [0.05, 0.1) is 13.0 Å². The Kier molecular flexibility index (Phi) is 5.66. The van der Waals surface area contributed by atoms with Crippen LogP contribution in [0.5, 0.6) is 5.75 Å². The van der Waals surface area contributed by atoms with Gasteiger partial charge in [-0.15, -0.1) is 0 Å². The zero-order chi connectivity index (χ0) is 13.4. The van der Waals surface area contributed by atoms with Crippen LogP contribution in [0.15, 0.2) is 24.3 Å². The highest BCUT2D eigenvalue weighted by Gasteiger charge is 2.04. The summed E-state index contributed by atoms with van der Waals surface area (Å²) in [5.41, 5.74) is 0.693. The molecule has 0 heterocycles. The van der Waals surface area contributed by atoms with Crippen LogP contribution in [0, 0.1) is 0 Å². The third-order valence-electron chi connectivity index (χ3n) is 2.11. The highest BCUT2D eigenvalue weighted by atomic mass is 16.5. The van der Waals surface area contributed by atoms with E-state index in [0.29, 0.717) is 11.3 Å². The maximum atomic E-state index is 11.3. The number of benzene rings is 1. The number of carboxylic acid groups (broad SMARTS) is 1. The van der Waals surface area contributed by atoms with Crippen LogP contribution in [0.2, 0.25) is 0 Å². The fraction of sp³-hybridized carbons (Fsp3) is 0.333. The number of rotatable bonds is 7. The van der Waals surface area contributed by atoms with E-state index < -0.39 is 5.97 Å². The van der Waals surface area contributed by atoms with Gasteiger partial charge < -0.3 is 20.3 Å². The zero-order valence-electron chi connectivity index (χ0n) is 9.76. The Balaban J connectivity index is 2.31. The van der Waals surface area contributed by atoms with E-state index in [1.807, 2.05) is 0 Å². The van der Waals surface area contributed by atoms with Crippen LogP contribution in [-0.2, 0) is 16.2 Å². The molecule has 6 heteroatoms. The molecule has 1 amide bonds. The van der Waals surface area contributed by atoms with E-state index in [-0.39, 0.29) is 32.1 Å². The molecular weight excluding hydrogens is 238 g/mol. The summed E-state index contributed by atoms with van der Waals surface area (Å²) in [4.78, 5) is 21.5. The van der Waals surface area contributed by atoms with Crippen molar-refractivity contribution in [3.8, 4) is 5.75 Å². The largest absolute Gasteiger partial charge is 0.484 e. The molecule has 0 aliphatic carbocycles. The summed E-state index contributed by atoms with van der Waals surface area (Å²) in [5, 5.41) is 19.7. The lowest BCUT2D eigenvalue weighted by Gasteiger charge is -2.07. The standard InChI is InChI=1S/C12H15NO5/c14-7-9-2-1-3-10(6-9)18-8-11(15)13-5-4-12(16)17/h1-3,6,14H,4-5,7-8H2,(H,13,15)(H,16,17). The molecule has 98 valence electrons. The van der Waals surface area contributed by atoms with Gasteiger partial charge in [-0.05, 0) is 17.7 Å². The highest BCUT2D eigenvalue weighted by molar-refractivity contribution is 5.78. The molecule has 0 bridgehead atoms. The summed E-state index contributed by atoms with van der Waals surface area (Å²) >= 11 is 0. The van der Waals surface area contributed by atoms with Gasteiger partial charge in [-0.1, -0.05) is 12.1 Å². The van der Waals surface area contributed by atoms with Gasteiger partial charge in [-0.2, -0.15) is 0 Å². The van der Waals surface area contributed by atoms with Gasteiger partial charge in [0, 0.05) is 6.54 Å². The second kappa shape index (κ2) is 7.29. The SMILES string of the molecule is O=C(O)CCNC(=O)COc1cccc(CO)c1. The van der Waals surface area contributed by atoms with Crippen molar-refractivity contribution in [1.82, 2.24) is 5.32 Å². The number of hydrogen-bond acceptors (Lipinski definition) is 4. The first-order valence-corrected chi connectivity index (χ1v) is 5.43. The number of carboxylic acids is 1. The van der Waals surface area contributed by atoms with E-state index in [9.17, 15) is 9.59 Å². The van der Waals surface area contributed by atoms with Crippen molar-refractivity contribution in [3.63, 3.8) is 0 Å². The van der Waals surface area contributed by atoms with E-state index in [1.54, 1.807) is 24.3 Å². The molecule has 0 unspecified atom stereocenters. The molecule has 0 saturated heterocycles. The third kappa shape index (κ3) is 5.31. The minimum atomic E-state index is -0.966. The molecule has 0 saturated carbocycles. The summed E-state index contributed by atoms with van der Waals surface area (Å²) in [5.74, 6) is -0.868. The molecule has 1 aromatic carbocycles. The first kappa shape index (κ1) is 14.0. The van der Waals surface area contributed by atoms with Crippen LogP contribution in [0.3, 0.4) is 0 Å². The fourth-order valence-corrected chi connectivity index (χ4v) is 1.24. The van der Waals surface area contributed by atoms with Crippen LogP contribution in [0.1, 0.15) is 12.0 Å². The number of ether oxygens (including phenoxy) is 1. The van der Waals surface area contributed by atoms with E-state index in [2.05, 4.69) is 5.32 Å². The van der Waals surface area contributed by atoms with Crippen LogP contribution in [-0.4, -0.2) is 35.2 Å². The second-order valence-corrected chi connectivity index (χ2v) is 3.59. The highest BCUT2D eigenvalue weighted by Crippen LogP contribution is 2.12. The fourth-order valence-electron chi connectivity index (χ4n) is 1.24. The lowest BCUT2D eigenvalue weighted by atomic mass is 10.2. The summed E-state index contributed by atoms with van der Waals surface area (Å²) in [6.07, 6.45) is -0.119. The monoisotopic (exact) mass is 253 g/mol. The third-order valence-corrected chi connectivity index (χ3v) is 2.11. The van der Waals surface area contributed by atoms with Crippen molar-refractivity contribution in [2.24, 2.45) is 0 Å². The summed E-state index contributed by atoms with van der Waals surface area (Å²) < 4.78 is 5.20. The molecule has 0 radical (unpaired) electrons. The average Bonchev–Trinajstić information content (AvgIpc) is 2.36. The van der Waals surface area contributed by atoms with Crippen molar-refractivity contribution in [1.29, 1.82) is 0 Å². The van der Waals surface area contributed by atoms with Crippen molar-refractivity contribution in [3.05, 3.63) is 29.8 Å². The molecule has 0 spiro atoms. The Hall–Kier alpha value is -2.08. The van der Waals surface area contributed by atoms with E-state index in [4.69, 9.17) is 14.9 Å². The van der Waals surface area contributed by atoms with Gasteiger partial charge in [0.15, 0.2) is 6.61 Å². The van der Waals surface area contributed by atoms with E-state index >= 15 is 0 Å². The van der Waals surface area contributed by atoms with Gasteiger partial charge in [-0.25, -0.2) is 0 Å². The maximum absolute atomic E-state index is 11.3. The van der Waals surface area contributed by atoms with E-state index in [1.165, 1.54) is 0 Å². The Morgan fingerprint density at radius 1 is 1.33 bits per heavy atom. The van der Waals surface area contributed by atoms with Crippen molar-refractivity contribution < 1.29 is 24.5 Å². The van der Waals surface area contributed by atoms with Crippen LogP contribution < -0.4 is 10.1 Å². The number of amides is 1. The number of aliphatic carboxylic acids is 1. The number of carbonyl (C=O) groups is 2. The molecule has 0 aliphatic rings. The molecule has 0 aromatic heterocycles. The normalized spacial score (nSPS) is 9.83. The smallest absolute Gasteiger partial charge is 0.305 e. The van der Waals surface area contributed by atoms with Gasteiger partial charge in [0.1, 0.15) is 5.75 Å². The molecule has 18 heavy (non-hydrogen) atoms. The molecular formula is C12H15NO5. The molecule has 1 rings (SSSR count). The topological polar surface area (TPSA) is 95.9 Å². The average molecular weight is 253 g/mol. The van der Waals surface area contributed by atoms with Gasteiger partial charge in [-0.3, -0.25) is 9.59 Å². The number of hydrogen-bond donors (Lipinski definition) is 3. The van der Waals surface area contributed by atoms with Crippen molar-refractivity contribution >= 4 is 11.9 Å². The van der Waals surface area contributed by atoms with Gasteiger partial charge in [0.2, 0.25) is 0 Å². The molecule has 3 N–H and O–H groups in total. The van der Waals surface area contributed by atoms with Crippen LogP contribution in [0.4, 0.5) is 0 Å². The van der Waals surface area contributed by atoms with Crippen molar-refractivity contribution in [2.75, 3.05) is 13.2 Å². The number of aliphatic hydroxyl groups excluding tert-OH is 1. The number of carbonyl (C=O) groups excluding carboxylic acids is 1. The van der Waals surface area contributed by atoms with Gasteiger partial charge >= 0.3 is 5.97 Å². The summed E-state index contributed by atoms with van der Waals surface area (Å²) in [7, 11) is 0. The minimum absolute atomic E-state index is 0.0776. The van der Waals surface area contributed by atoms with Crippen LogP contribution in [0.25, 0.3) is 0 Å². The van der Waals surface area contributed by atoms with Crippen LogP contribution >= 0.6 is 0 Å². The zero-order valence-corrected chi connectivity index (χ0v) is 9.76. The Labute approximate surface area is 104 Å². The Morgan fingerprint density at radius 3 is 2.78 bits per heavy atom. The van der Waals surface area contributed by atoms with Gasteiger partial charge in [0.25, 0.3) is 5.91 Å². The molecule has 0 atom stereocenters. The Morgan fingerprint density at radius 2 is 2.11 bits per heavy atom. The predicted octanol–water partition coefficient (Wildman–Crippen LogP) is 0.149. The summed E-state index contributed by atoms with van der Waals surface area (Å²) in [6.45, 7) is -0.204.